The number of rotatable bonds is 9. The van der Waals surface area contributed by atoms with Gasteiger partial charge in [-0.2, -0.15) is 5.10 Å². The zero-order valence-corrected chi connectivity index (χ0v) is 16.9. The van der Waals surface area contributed by atoms with Crippen LogP contribution in [-0.4, -0.2) is 30.3 Å². The van der Waals surface area contributed by atoms with E-state index >= 15 is 0 Å². The number of nitrogens with zero attached hydrogens (tertiary/aromatic N) is 2. The molecule has 6 nitrogen and oxygen atoms in total. The molecule has 1 amide bonds. The normalized spacial score (nSPS) is 11.0. The highest BCUT2D eigenvalue weighted by Crippen LogP contribution is 2.19. The lowest BCUT2D eigenvalue weighted by molar-refractivity contribution is -0.123. The molecule has 0 unspecified atom stereocenters. The Kier molecular flexibility index (Phi) is 7.41. The number of benzene rings is 2. The highest BCUT2D eigenvalue weighted by Gasteiger charge is 2.04. The van der Waals surface area contributed by atoms with Crippen LogP contribution in [0, 0.1) is 0 Å². The van der Waals surface area contributed by atoms with E-state index in [4.69, 9.17) is 21.1 Å². The lowest BCUT2D eigenvalue weighted by Crippen LogP contribution is -2.24. The number of para-hydroxylation sites is 1. The number of pyridine rings is 1. The lowest BCUT2D eigenvalue weighted by Gasteiger charge is -2.08. The predicted molar refractivity (Wildman–Crippen MR) is 115 cm³/mol. The quantitative estimate of drug-likeness (QED) is 0.242. The molecule has 0 bridgehead atoms. The molecule has 1 N–H and O–H groups in total. The van der Waals surface area contributed by atoms with Crippen LogP contribution >= 0.6 is 11.6 Å². The van der Waals surface area contributed by atoms with Crippen LogP contribution in [0.2, 0.25) is 5.15 Å². The van der Waals surface area contributed by atoms with Crippen molar-refractivity contribution < 1.29 is 14.3 Å². The first kappa shape index (κ1) is 20.6. The van der Waals surface area contributed by atoms with Crippen molar-refractivity contribution in [3.63, 3.8) is 0 Å². The average molecular weight is 412 g/mol. The Morgan fingerprint density at radius 2 is 1.86 bits per heavy atom. The summed E-state index contributed by atoms with van der Waals surface area (Å²) >= 11 is 6.16. The number of carbonyl (C=O) groups is 1. The summed E-state index contributed by atoms with van der Waals surface area (Å²) in [7, 11) is 0. The Labute approximate surface area is 174 Å². The van der Waals surface area contributed by atoms with Gasteiger partial charge in [0.05, 0.1) is 18.3 Å². The fourth-order valence-electron chi connectivity index (χ4n) is 2.52. The molecule has 1 aromatic heterocycles. The summed E-state index contributed by atoms with van der Waals surface area (Å²) in [6.45, 7) is 2.65. The summed E-state index contributed by atoms with van der Waals surface area (Å²) in [6, 6.07) is 16.6. The van der Waals surface area contributed by atoms with Crippen LogP contribution in [0.5, 0.6) is 11.5 Å². The molecule has 7 heteroatoms. The van der Waals surface area contributed by atoms with Crippen molar-refractivity contribution in [2.45, 2.75) is 19.8 Å². The standard InChI is InChI=1S/C22H22ClN3O3/c1-2-3-12-28-18-8-10-19(11-9-18)29-15-21(27)26-24-14-17-13-16-6-4-5-7-20(16)25-22(17)23/h4-11,13-14H,2-3,12,15H2,1H3,(H,26,27)/b24-14+. The summed E-state index contributed by atoms with van der Waals surface area (Å²) < 4.78 is 11.0. The van der Waals surface area contributed by atoms with Gasteiger partial charge in [0.25, 0.3) is 5.91 Å². The van der Waals surface area contributed by atoms with Gasteiger partial charge in [0, 0.05) is 10.9 Å². The molecule has 3 aromatic rings. The van der Waals surface area contributed by atoms with E-state index in [0.717, 1.165) is 29.5 Å². The van der Waals surface area contributed by atoms with Crippen molar-refractivity contribution in [2.24, 2.45) is 5.10 Å². The van der Waals surface area contributed by atoms with Crippen LogP contribution in [0.4, 0.5) is 0 Å². The Hall–Kier alpha value is -3.12. The van der Waals surface area contributed by atoms with Gasteiger partial charge in [-0.05, 0) is 42.8 Å². The van der Waals surface area contributed by atoms with Gasteiger partial charge in [0.15, 0.2) is 6.61 Å². The molecule has 0 spiro atoms. The Morgan fingerprint density at radius 1 is 1.14 bits per heavy atom. The fourth-order valence-corrected chi connectivity index (χ4v) is 2.72. The van der Waals surface area contributed by atoms with Crippen LogP contribution in [0.25, 0.3) is 10.9 Å². The zero-order valence-electron chi connectivity index (χ0n) is 16.1. The molecule has 29 heavy (non-hydrogen) atoms. The summed E-state index contributed by atoms with van der Waals surface area (Å²) in [6.07, 6.45) is 3.56. The maximum atomic E-state index is 11.9. The van der Waals surface area contributed by atoms with Gasteiger partial charge < -0.3 is 9.47 Å². The molecule has 0 radical (unpaired) electrons. The van der Waals surface area contributed by atoms with Gasteiger partial charge in [0.2, 0.25) is 0 Å². The minimum absolute atomic E-state index is 0.156. The average Bonchev–Trinajstić information content (AvgIpc) is 2.74. The molecule has 0 aliphatic carbocycles. The van der Waals surface area contributed by atoms with Gasteiger partial charge >= 0.3 is 0 Å². The van der Waals surface area contributed by atoms with E-state index in [0.29, 0.717) is 23.1 Å². The van der Waals surface area contributed by atoms with Crippen molar-refractivity contribution in [3.8, 4) is 11.5 Å². The van der Waals surface area contributed by atoms with Crippen LogP contribution in [0.15, 0.2) is 59.7 Å². The molecule has 150 valence electrons. The summed E-state index contributed by atoms with van der Waals surface area (Å²) in [5.41, 5.74) is 3.83. The van der Waals surface area contributed by atoms with E-state index in [2.05, 4.69) is 22.4 Å². The number of fused-ring (bicyclic) bond motifs is 1. The molecule has 0 aliphatic rings. The van der Waals surface area contributed by atoms with Crippen molar-refractivity contribution in [1.29, 1.82) is 0 Å². The van der Waals surface area contributed by atoms with Gasteiger partial charge in [-0.15, -0.1) is 0 Å². The SMILES string of the molecule is CCCCOc1ccc(OCC(=O)N/N=C/c2cc3ccccc3nc2Cl)cc1. The number of carbonyl (C=O) groups excluding carboxylic acids is 1. The predicted octanol–water partition coefficient (Wildman–Crippen LogP) is 4.60. The Morgan fingerprint density at radius 3 is 2.62 bits per heavy atom. The molecule has 0 atom stereocenters. The maximum Gasteiger partial charge on any atom is 0.277 e. The largest absolute Gasteiger partial charge is 0.494 e. The highest BCUT2D eigenvalue weighted by atomic mass is 35.5. The minimum Gasteiger partial charge on any atom is -0.494 e. The van der Waals surface area contributed by atoms with E-state index in [1.165, 1.54) is 6.21 Å². The number of aromatic nitrogens is 1. The van der Waals surface area contributed by atoms with E-state index in [1.807, 2.05) is 42.5 Å². The Bertz CT molecular complexity index is 990. The van der Waals surface area contributed by atoms with Crippen molar-refractivity contribution in [2.75, 3.05) is 13.2 Å². The summed E-state index contributed by atoms with van der Waals surface area (Å²) in [5, 5.41) is 5.19. The van der Waals surface area contributed by atoms with Gasteiger partial charge in [-0.1, -0.05) is 43.1 Å². The maximum absolute atomic E-state index is 11.9. The number of hydrazone groups is 1. The topological polar surface area (TPSA) is 72.8 Å². The third-order valence-electron chi connectivity index (χ3n) is 4.06. The number of ether oxygens (including phenoxy) is 2. The highest BCUT2D eigenvalue weighted by molar-refractivity contribution is 6.32. The molecule has 1 heterocycles. The fraction of sp³-hybridized carbons (Fsp3) is 0.227. The third-order valence-corrected chi connectivity index (χ3v) is 4.36. The summed E-state index contributed by atoms with van der Waals surface area (Å²) in [4.78, 5) is 16.2. The third kappa shape index (κ3) is 6.19. The first-order chi connectivity index (χ1) is 14.2. The van der Waals surface area contributed by atoms with Crippen LogP contribution in [0.3, 0.4) is 0 Å². The first-order valence-corrected chi connectivity index (χ1v) is 9.76. The van der Waals surface area contributed by atoms with Crippen LogP contribution < -0.4 is 14.9 Å². The van der Waals surface area contributed by atoms with E-state index in [-0.39, 0.29) is 12.5 Å². The monoisotopic (exact) mass is 411 g/mol. The summed E-state index contributed by atoms with van der Waals surface area (Å²) in [5.74, 6) is 0.976. The second-order valence-electron chi connectivity index (χ2n) is 6.32. The number of hydrogen-bond donors (Lipinski definition) is 1. The van der Waals surface area contributed by atoms with E-state index in [9.17, 15) is 4.79 Å². The van der Waals surface area contributed by atoms with Crippen LogP contribution in [0.1, 0.15) is 25.3 Å². The number of hydrogen-bond acceptors (Lipinski definition) is 5. The number of halogens is 1. The number of amides is 1. The van der Waals surface area contributed by atoms with Gasteiger partial charge in [-0.3, -0.25) is 4.79 Å². The van der Waals surface area contributed by atoms with Gasteiger partial charge in [-0.25, -0.2) is 10.4 Å². The lowest BCUT2D eigenvalue weighted by atomic mass is 10.2. The van der Waals surface area contributed by atoms with E-state index in [1.54, 1.807) is 12.1 Å². The molecule has 0 aliphatic heterocycles. The molecule has 3 rings (SSSR count). The molecule has 0 saturated carbocycles. The van der Waals surface area contributed by atoms with Crippen molar-refractivity contribution >= 4 is 34.6 Å². The van der Waals surface area contributed by atoms with E-state index < -0.39 is 0 Å². The van der Waals surface area contributed by atoms with Crippen molar-refractivity contribution in [3.05, 3.63) is 65.3 Å². The molecule has 2 aromatic carbocycles. The second-order valence-corrected chi connectivity index (χ2v) is 6.67. The minimum atomic E-state index is -0.380. The second kappa shape index (κ2) is 10.4. The van der Waals surface area contributed by atoms with Gasteiger partial charge in [0.1, 0.15) is 16.7 Å². The molecule has 0 saturated heterocycles. The molecule has 0 fully saturated rings. The molecular weight excluding hydrogens is 390 g/mol. The smallest absolute Gasteiger partial charge is 0.277 e. The van der Waals surface area contributed by atoms with Crippen LogP contribution in [-0.2, 0) is 4.79 Å². The van der Waals surface area contributed by atoms with Crippen molar-refractivity contribution in [1.82, 2.24) is 10.4 Å². The number of unbranched alkanes of at least 4 members (excludes halogenated alkanes) is 1. The number of nitrogens with one attached hydrogen (secondary N) is 1. The zero-order chi connectivity index (χ0) is 20.5. The molecular formula is C22H22ClN3O3. The first-order valence-electron chi connectivity index (χ1n) is 9.38. The Balaban J connectivity index is 1.48.